The van der Waals surface area contributed by atoms with E-state index in [1.54, 1.807) is 6.20 Å². The van der Waals surface area contributed by atoms with Gasteiger partial charge in [0.2, 0.25) is 0 Å². The van der Waals surface area contributed by atoms with Gasteiger partial charge in [-0.3, -0.25) is 4.98 Å². The van der Waals surface area contributed by atoms with Crippen molar-refractivity contribution in [1.82, 2.24) is 4.98 Å². The second-order valence-corrected chi connectivity index (χ2v) is 4.98. The van der Waals surface area contributed by atoms with E-state index in [-0.39, 0.29) is 6.61 Å². The first kappa shape index (κ1) is 13.1. The minimum absolute atomic E-state index is 0.0641. The third-order valence-electron chi connectivity index (χ3n) is 3.01. The smallest absolute Gasteiger partial charge is 0.0789 e. The molecule has 2 aromatic rings. The zero-order valence-corrected chi connectivity index (χ0v) is 11.3. The summed E-state index contributed by atoms with van der Waals surface area (Å²) in [4.78, 5) is 4.38. The number of aliphatic hydroxyl groups is 1. The van der Waals surface area contributed by atoms with E-state index in [2.05, 4.69) is 18.8 Å². The maximum absolute atomic E-state index is 9.37. The maximum atomic E-state index is 9.37. The Kier molecular flexibility index (Phi) is 4.00. The Morgan fingerprint density at radius 1 is 1.39 bits per heavy atom. The maximum Gasteiger partial charge on any atom is 0.0789 e. The predicted octanol–water partition coefficient (Wildman–Crippen LogP) is 3.92. The number of halogens is 1. The second kappa shape index (κ2) is 5.51. The van der Waals surface area contributed by atoms with Crippen LogP contribution < -0.4 is 0 Å². The number of fused-ring (bicyclic) bond motifs is 1. The first-order valence-corrected chi connectivity index (χ1v) is 6.36. The van der Waals surface area contributed by atoms with E-state index in [1.165, 1.54) is 0 Å². The first-order chi connectivity index (χ1) is 8.63. The van der Waals surface area contributed by atoms with Crippen molar-refractivity contribution in [2.45, 2.75) is 13.8 Å². The van der Waals surface area contributed by atoms with Crippen LogP contribution in [0.25, 0.3) is 17.0 Å². The molecule has 0 amide bonds. The molecule has 0 aliphatic heterocycles. The summed E-state index contributed by atoms with van der Waals surface area (Å²) in [5.74, 6) is 0.310. The van der Waals surface area contributed by atoms with Gasteiger partial charge >= 0.3 is 0 Å². The molecule has 0 spiro atoms. The van der Waals surface area contributed by atoms with E-state index in [4.69, 9.17) is 11.6 Å². The van der Waals surface area contributed by atoms with Gasteiger partial charge in [-0.15, -0.1) is 0 Å². The van der Waals surface area contributed by atoms with Crippen LogP contribution in [0.2, 0.25) is 5.02 Å². The number of pyridine rings is 1. The SMILES string of the molecule is CC(C)/C(=C/c1ccc(Cl)c2cccnc12)CO. The molecule has 0 aliphatic carbocycles. The molecule has 0 bridgehead atoms. The summed E-state index contributed by atoms with van der Waals surface area (Å²) in [6.07, 6.45) is 3.75. The molecule has 2 nitrogen and oxygen atoms in total. The van der Waals surface area contributed by atoms with Crippen LogP contribution in [-0.2, 0) is 0 Å². The number of aromatic nitrogens is 1. The van der Waals surface area contributed by atoms with Crippen LogP contribution in [0, 0.1) is 5.92 Å². The van der Waals surface area contributed by atoms with Gasteiger partial charge in [0.25, 0.3) is 0 Å². The lowest BCUT2D eigenvalue weighted by Gasteiger charge is -2.09. The third kappa shape index (κ3) is 2.55. The molecule has 0 radical (unpaired) electrons. The molecule has 94 valence electrons. The normalized spacial score (nSPS) is 12.4. The molecule has 0 saturated carbocycles. The average molecular weight is 262 g/mol. The van der Waals surface area contributed by atoms with Crippen LogP contribution in [0.1, 0.15) is 19.4 Å². The molecule has 1 heterocycles. The number of hydrogen-bond acceptors (Lipinski definition) is 2. The molecule has 0 atom stereocenters. The molecule has 3 heteroatoms. The van der Waals surface area contributed by atoms with Crippen molar-refractivity contribution in [3.63, 3.8) is 0 Å². The van der Waals surface area contributed by atoms with Gasteiger partial charge in [-0.05, 0) is 29.7 Å². The van der Waals surface area contributed by atoms with Crippen molar-refractivity contribution < 1.29 is 5.11 Å². The summed E-state index contributed by atoms with van der Waals surface area (Å²) >= 11 is 6.15. The Balaban J connectivity index is 2.62. The number of aliphatic hydroxyl groups excluding tert-OH is 1. The molecular weight excluding hydrogens is 246 g/mol. The quantitative estimate of drug-likeness (QED) is 0.908. The van der Waals surface area contributed by atoms with E-state index in [0.29, 0.717) is 10.9 Å². The molecular formula is C15H16ClNO. The number of benzene rings is 1. The highest BCUT2D eigenvalue weighted by atomic mass is 35.5. The summed E-state index contributed by atoms with van der Waals surface area (Å²) < 4.78 is 0. The van der Waals surface area contributed by atoms with Crippen LogP contribution in [0.15, 0.2) is 36.0 Å². The lowest BCUT2D eigenvalue weighted by molar-refractivity contribution is 0.320. The summed E-state index contributed by atoms with van der Waals surface area (Å²) in [6.45, 7) is 4.19. The van der Waals surface area contributed by atoms with Crippen LogP contribution in [0.5, 0.6) is 0 Å². The van der Waals surface area contributed by atoms with E-state index < -0.39 is 0 Å². The topological polar surface area (TPSA) is 33.1 Å². The van der Waals surface area contributed by atoms with E-state index in [1.807, 2.05) is 30.3 Å². The molecule has 1 aromatic carbocycles. The fourth-order valence-corrected chi connectivity index (χ4v) is 2.09. The summed E-state index contributed by atoms with van der Waals surface area (Å²) in [5.41, 5.74) is 2.86. The average Bonchev–Trinajstić information content (AvgIpc) is 2.38. The Morgan fingerprint density at radius 2 is 2.17 bits per heavy atom. The number of nitrogens with zero attached hydrogens (tertiary/aromatic N) is 1. The van der Waals surface area contributed by atoms with Gasteiger partial charge in [0.15, 0.2) is 0 Å². The van der Waals surface area contributed by atoms with Crippen LogP contribution >= 0.6 is 11.6 Å². The summed E-state index contributed by atoms with van der Waals surface area (Å²) in [5, 5.41) is 11.0. The zero-order chi connectivity index (χ0) is 13.1. The lowest BCUT2D eigenvalue weighted by Crippen LogP contribution is -1.99. The fraction of sp³-hybridized carbons (Fsp3) is 0.267. The van der Waals surface area contributed by atoms with E-state index in [9.17, 15) is 5.11 Å². The van der Waals surface area contributed by atoms with E-state index in [0.717, 1.165) is 22.0 Å². The fourth-order valence-electron chi connectivity index (χ4n) is 1.87. The highest BCUT2D eigenvalue weighted by Crippen LogP contribution is 2.27. The van der Waals surface area contributed by atoms with Crippen molar-refractivity contribution in [3.05, 3.63) is 46.6 Å². The van der Waals surface area contributed by atoms with Gasteiger partial charge < -0.3 is 5.11 Å². The number of hydrogen-bond donors (Lipinski definition) is 1. The van der Waals surface area contributed by atoms with Gasteiger partial charge in [0.05, 0.1) is 17.1 Å². The van der Waals surface area contributed by atoms with Crippen molar-refractivity contribution >= 4 is 28.6 Å². The van der Waals surface area contributed by atoms with Gasteiger partial charge in [0, 0.05) is 17.1 Å². The molecule has 0 saturated heterocycles. The van der Waals surface area contributed by atoms with Crippen molar-refractivity contribution in [3.8, 4) is 0 Å². The Hall–Kier alpha value is -1.38. The molecule has 0 aliphatic rings. The molecule has 0 unspecified atom stereocenters. The van der Waals surface area contributed by atoms with Crippen LogP contribution in [0.3, 0.4) is 0 Å². The van der Waals surface area contributed by atoms with Gasteiger partial charge in [-0.2, -0.15) is 0 Å². The van der Waals surface area contributed by atoms with Crippen LogP contribution in [-0.4, -0.2) is 16.7 Å². The molecule has 1 N–H and O–H groups in total. The minimum atomic E-state index is 0.0641. The van der Waals surface area contributed by atoms with Gasteiger partial charge in [0.1, 0.15) is 0 Å². The van der Waals surface area contributed by atoms with Gasteiger partial charge in [-0.25, -0.2) is 0 Å². The van der Waals surface area contributed by atoms with Crippen molar-refractivity contribution in [2.75, 3.05) is 6.61 Å². The number of rotatable bonds is 3. The second-order valence-electron chi connectivity index (χ2n) is 4.57. The molecule has 1 aromatic heterocycles. The molecule has 18 heavy (non-hydrogen) atoms. The van der Waals surface area contributed by atoms with Crippen molar-refractivity contribution in [1.29, 1.82) is 0 Å². The lowest BCUT2D eigenvalue weighted by atomic mass is 10.00. The first-order valence-electron chi connectivity index (χ1n) is 5.98. The Labute approximate surface area is 112 Å². The van der Waals surface area contributed by atoms with Gasteiger partial charge in [-0.1, -0.05) is 37.6 Å². The predicted molar refractivity (Wildman–Crippen MR) is 76.7 cm³/mol. The highest BCUT2D eigenvalue weighted by Gasteiger charge is 2.07. The largest absolute Gasteiger partial charge is 0.392 e. The standard InChI is InChI=1S/C15H16ClNO/c1-10(2)12(9-18)8-11-5-6-14(16)13-4-3-7-17-15(11)13/h3-8,10,18H,9H2,1-2H3/b12-8+. The Bertz CT molecular complexity index is 590. The minimum Gasteiger partial charge on any atom is -0.392 e. The Morgan fingerprint density at radius 3 is 2.83 bits per heavy atom. The van der Waals surface area contributed by atoms with Crippen LogP contribution in [0.4, 0.5) is 0 Å². The molecule has 0 fully saturated rings. The van der Waals surface area contributed by atoms with Crippen molar-refractivity contribution in [2.24, 2.45) is 5.92 Å². The summed E-state index contributed by atoms with van der Waals surface area (Å²) in [7, 11) is 0. The van der Waals surface area contributed by atoms with E-state index >= 15 is 0 Å². The molecule has 2 rings (SSSR count). The summed E-state index contributed by atoms with van der Waals surface area (Å²) in [6, 6.07) is 7.63. The third-order valence-corrected chi connectivity index (χ3v) is 3.34. The zero-order valence-electron chi connectivity index (χ0n) is 10.5. The highest BCUT2D eigenvalue weighted by molar-refractivity contribution is 6.35. The monoisotopic (exact) mass is 261 g/mol.